The molecule has 2 rings (SSSR count). The van der Waals surface area contributed by atoms with E-state index < -0.39 is 0 Å². The van der Waals surface area contributed by atoms with Crippen molar-refractivity contribution in [2.24, 2.45) is 16.0 Å². The van der Waals surface area contributed by atoms with E-state index in [9.17, 15) is 0 Å². The van der Waals surface area contributed by atoms with Crippen LogP contribution in [0.4, 0.5) is 11.4 Å². The van der Waals surface area contributed by atoms with Crippen LogP contribution in [-0.4, -0.2) is 50.3 Å². The van der Waals surface area contributed by atoms with Crippen molar-refractivity contribution in [3.63, 3.8) is 0 Å². The molecule has 0 radical (unpaired) electrons. The van der Waals surface area contributed by atoms with Gasteiger partial charge in [-0.3, -0.25) is 0 Å². The van der Waals surface area contributed by atoms with Crippen molar-refractivity contribution in [3.8, 4) is 0 Å². The minimum Gasteiger partial charge on any atom is -0.378 e. The van der Waals surface area contributed by atoms with E-state index in [-0.39, 0.29) is 18.7 Å². The number of hydrogen-bond acceptors (Lipinski definition) is 6. The Kier molecular flexibility index (Phi) is 7.14. The lowest BCUT2D eigenvalue weighted by Gasteiger charge is -2.25. The fourth-order valence-corrected chi connectivity index (χ4v) is 2.13. The van der Waals surface area contributed by atoms with Crippen LogP contribution in [0.15, 0.2) is 46.9 Å². The first-order valence-electron chi connectivity index (χ1n) is 7.16. The van der Waals surface area contributed by atoms with Crippen LogP contribution in [0.2, 0.25) is 0 Å². The molecule has 1 aliphatic rings. The Labute approximate surface area is 138 Å². The number of nitrogens with two attached hydrogens (primary N) is 1. The highest BCUT2D eigenvalue weighted by atomic mass is 35.5. The molecule has 0 spiro atoms. The van der Waals surface area contributed by atoms with Crippen molar-refractivity contribution in [1.82, 2.24) is 9.80 Å². The molecular formula is C15H25ClN6. The normalized spacial score (nSPS) is 17.2. The Morgan fingerprint density at radius 3 is 2.45 bits per heavy atom. The van der Waals surface area contributed by atoms with Crippen molar-refractivity contribution in [2.45, 2.75) is 12.7 Å². The molecular weight excluding hydrogens is 300 g/mol. The molecule has 0 fully saturated rings. The molecule has 2 N–H and O–H groups in total. The van der Waals surface area contributed by atoms with Gasteiger partial charge >= 0.3 is 0 Å². The van der Waals surface area contributed by atoms with Crippen molar-refractivity contribution < 1.29 is 0 Å². The fraction of sp³-hybridized carbons (Fsp3) is 0.467. The van der Waals surface area contributed by atoms with Gasteiger partial charge in [-0.25, -0.2) is 0 Å². The van der Waals surface area contributed by atoms with E-state index in [4.69, 9.17) is 5.73 Å². The molecule has 1 aromatic rings. The minimum absolute atomic E-state index is 0. The Morgan fingerprint density at radius 2 is 1.86 bits per heavy atom. The zero-order valence-corrected chi connectivity index (χ0v) is 14.2. The van der Waals surface area contributed by atoms with Crippen LogP contribution in [0.3, 0.4) is 0 Å². The van der Waals surface area contributed by atoms with Crippen molar-refractivity contribution in [1.29, 1.82) is 0 Å². The molecule has 0 aliphatic carbocycles. The summed E-state index contributed by atoms with van der Waals surface area (Å²) in [6.07, 6.45) is 4.91. The van der Waals surface area contributed by atoms with Gasteiger partial charge in [0.25, 0.3) is 0 Å². The molecule has 22 heavy (non-hydrogen) atoms. The topological polar surface area (TPSA) is 60.5 Å². The largest absolute Gasteiger partial charge is 0.378 e. The average Bonchev–Trinajstić information content (AvgIpc) is 2.83. The van der Waals surface area contributed by atoms with Gasteiger partial charge in [0.05, 0.1) is 5.69 Å². The summed E-state index contributed by atoms with van der Waals surface area (Å²) < 4.78 is 0. The molecule has 1 atom stereocenters. The third-order valence-corrected chi connectivity index (χ3v) is 3.42. The summed E-state index contributed by atoms with van der Waals surface area (Å²) in [7, 11) is 6.04. The lowest BCUT2D eigenvalue weighted by molar-refractivity contribution is 0.177. The molecule has 0 saturated heterocycles. The van der Waals surface area contributed by atoms with Crippen LogP contribution in [0.5, 0.6) is 0 Å². The summed E-state index contributed by atoms with van der Waals surface area (Å²) in [6.45, 7) is 1.57. The number of rotatable bonds is 6. The van der Waals surface area contributed by atoms with Crippen molar-refractivity contribution in [2.75, 3.05) is 39.1 Å². The summed E-state index contributed by atoms with van der Waals surface area (Å²) in [5.74, 6) is 0. The predicted molar refractivity (Wildman–Crippen MR) is 93.6 cm³/mol. The lowest BCUT2D eigenvalue weighted by Crippen LogP contribution is -2.35. The maximum atomic E-state index is 5.57. The fourth-order valence-electron chi connectivity index (χ4n) is 2.13. The number of anilines is 1. The van der Waals surface area contributed by atoms with E-state index >= 15 is 0 Å². The van der Waals surface area contributed by atoms with Crippen LogP contribution in [0, 0.1) is 0 Å². The van der Waals surface area contributed by atoms with Crippen LogP contribution in [-0.2, 0) is 0 Å². The molecule has 0 amide bonds. The number of benzene rings is 1. The van der Waals surface area contributed by atoms with E-state index in [1.807, 2.05) is 62.7 Å². The molecule has 0 bridgehead atoms. The average molecular weight is 325 g/mol. The molecule has 7 heteroatoms. The molecule has 122 valence electrons. The smallest absolute Gasteiger partial charge is 0.218 e. The standard InChI is InChI=1S/C15H24N6.ClH/c1-19(2)14-7-5-13(6-8-14)17-18-15-20(3)11-12-21(15)10-4-9-16;/h5-8,11-12,15H,4,9-10,16H2,1-3H3;1H. The summed E-state index contributed by atoms with van der Waals surface area (Å²) in [5.41, 5.74) is 7.58. The van der Waals surface area contributed by atoms with E-state index in [1.165, 1.54) is 0 Å². The number of halogens is 1. The highest BCUT2D eigenvalue weighted by molar-refractivity contribution is 5.85. The summed E-state index contributed by atoms with van der Waals surface area (Å²) in [5, 5.41) is 8.79. The highest BCUT2D eigenvalue weighted by Gasteiger charge is 2.22. The van der Waals surface area contributed by atoms with Crippen LogP contribution in [0.25, 0.3) is 0 Å². The predicted octanol–water partition coefficient (Wildman–Crippen LogP) is 2.61. The first-order valence-corrected chi connectivity index (χ1v) is 7.16. The van der Waals surface area contributed by atoms with E-state index in [1.54, 1.807) is 0 Å². The van der Waals surface area contributed by atoms with Gasteiger partial charge in [-0.05, 0) is 37.2 Å². The van der Waals surface area contributed by atoms with Crippen molar-refractivity contribution >= 4 is 23.8 Å². The molecule has 1 aromatic carbocycles. The Morgan fingerprint density at radius 1 is 1.18 bits per heavy atom. The number of azo groups is 1. The summed E-state index contributed by atoms with van der Waals surface area (Å²) in [4.78, 5) is 6.24. The zero-order chi connectivity index (χ0) is 15.2. The third-order valence-electron chi connectivity index (χ3n) is 3.42. The number of hydrogen-bond donors (Lipinski definition) is 1. The Bertz CT molecular complexity index is 499. The van der Waals surface area contributed by atoms with Gasteiger partial charge in [-0.1, -0.05) is 0 Å². The van der Waals surface area contributed by atoms with Crippen LogP contribution < -0.4 is 10.6 Å². The molecule has 0 saturated carbocycles. The Hall–Kier alpha value is -1.79. The maximum absolute atomic E-state index is 5.57. The third kappa shape index (κ3) is 4.61. The molecule has 0 aromatic heterocycles. The summed E-state index contributed by atoms with van der Waals surface area (Å²) >= 11 is 0. The van der Waals surface area contributed by atoms with Crippen molar-refractivity contribution in [3.05, 3.63) is 36.7 Å². The second kappa shape index (κ2) is 8.60. The number of nitrogens with zero attached hydrogens (tertiary/aromatic N) is 5. The zero-order valence-electron chi connectivity index (χ0n) is 13.4. The first-order chi connectivity index (χ1) is 10.1. The maximum Gasteiger partial charge on any atom is 0.218 e. The minimum atomic E-state index is -0.0786. The first kappa shape index (κ1) is 18.3. The molecule has 6 nitrogen and oxygen atoms in total. The summed E-state index contributed by atoms with van der Waals surface area (Å²) in [6, 6.07) is 8.03. The van der Waals surface area contributed by atoms with E-state index in [2.05, 4.69) is 20.0 Å². The highest BCUT2D eigenvalue weighted by Crippen LogP contribution is 2.21. The second-order valence-corrected chi connectivity index (χ2v) is 5.32. The van der Waals surface area contributed by atoms with Gasteiger partial charge in [0.1, 0.15) is 0 Å². The molecule has 1 aliphatic heterocycles. The second-order valence-electron chi connectivity index (χ2n) is 5.32. The van der Waals surface area contributed by atoms with E-state index in [0.717, 1.165) is 24.3 Å². The van der Waals surface area contributed by atoms with Crippen LogP contribution >= 0.6 is 12.4 Å². The molecule has 1 heterocycles. The lowest BCUT2D eigenvalue weighted by atomic mass is 10.3. The van der Waals surface area contributed by atoms with Gasteiger partial charge in [0.15, 0.2) is 0 Å². The SMILES string of the molecule is CN(C)c1ccc(N=NC2N(C)C=CN2CCCN)cc1.Cl. The van der Waals surface area contributed by atoms with Gasteiger partial charge in [-0.15, -0.1) is 17.5 Å². The van der Waals surface area contributed by atoms with Gasteiger partial charge in [0, 0.05) is 45.8 Å². The Balaban J connectivity index is 0.00000242. The van der Waals surface area contributed by atoms with Gasteiger partial charge < -0.3 is 20.4 Å². The van der Waals surface area contributed by atoms with Crippen LogP contribution in [0.1, 0.15) is 6.42 Å². The monoisotopic (exact) mass is 324 g/mol. The van der Waals surface area contributed by atoms with Gasteiger partial charge in [-0.2, -0.15) is 5.11 Å². The van der Waals surface area contributed by atoms with E-state index in [0.29, 0.717) is 6.54 Å². The van der Waals surface area contributed by atoms with Gasteiger partial charge in [0.2, 0.25) is 6.29 Å². The molecule has 1 unspecified atom stereocenters. The quantitative estimate of drug-likeness (QED) is 0.817.